The molecule has 0 saturated carbocycles. The molecule has 18 N–H and O–H groups in total. The summed E-state index contributed by atoms with van der Waals surface area (Å²) in [5, 5.41) is 56.8. The first-order valence-electron chi connectivity index (χ1n) is 20.6. The van der Waals surface area contributed by atoms with Gasteiger partial charge in [-0.25, -0.2) is 4.79 Å². The largest absolute Gasteiger partial charge is 0.481 e. The lowest BCUT2D eigenvalue weighted by Gasteiger charge is -2.29. The summed E-state index contributed by atoms with van der Waals surface area (Å²) < 4.78 is 0. The molecule has 0 aromatic rings. The number of rotatable bonds is 30. The zero-order chi connectivity index (χ0) is 50.5. The Morgan fingerprint density at radius 1 is 0.508 bits per heavy atom. The number of aliphatic hydroxyl groups excluding tert-OH is 2. The van der Waals surface area contributed by atoms with E-state index in [1.54, 1.807) is 20.8 Å². The van der Waals surface area contributed by atoms with Crippen LogP contribution >= 0.6 is 0 Å². The summed E-state index contributed by atoms with van der Waals surface area (Å²) in [6, 6.07) is -13.9. The molecule has 27 nitrogen and oxygen atoms in total. The van der Waals surface area contributed by atoms with Gasteiger partial charge in [0.25, 0.3) is 0 Å². The number of carboxylic acids is 2. The Morgan fingerprint density at radius 2 is 0.954 bits per heavy atom. The Balaban J connectivity index is 6.15. The van der Waals surface area contributed by atoms with Gasteiger partial charge in [-0.3, -0.25) is 52.7 Å². The fraction of sp³-hybridized carbons (Fsp3) is 0.684. The lowest BCUT2D eigenvalue weighted by Crippen LogP contribution is -2.62. The lowest BCUT2D eigenvalue weighted by molar-refractivity contribution is -0.143. The highest BCUT2D eigenvalue weighted by atomic mass is 16.4. The maximum absolute atomic E-state index is 13.6. The molecular formula is C38H65N11O16. The van der Waals surface area contributed by atoms with E-state index in [0.717, 1.165) is 13.8 Å². The molecule has 65 heavy (non-hydrogen) atoms. The minimum Gasteiger partial charge on any atom is -0.481 e. The molecule has 0 aliphatic carbocycles. The number of aliphatic carboxylic acids is 2. The summed E-state index contributed by atoms with van der Waals surface area (Å²) in [6.45, 7) is 8.89. The van der Waals surface area contributed by atoms with Gasteiger partial charge < -0.3 is 80.2 Å². The number of nitrogens with two attached hydrogens (primary N) is 3. The van der Waals surface area contributed by atoms with Gasteiger partial charge in [0.2, 0.25) is 59.1 Å². The van der Waals surface area contributed by atoms with Crippen LogP contribution in [0.3, 0.4) is 0 Å². The molecule has 0 aromatic carbocycles. The zero-order valence-electron chi connectivity index (χ0n) is 37.3. The van der Waals surface area contributed by atoms with Crippen molar-refractivity contribution in [2.24, 2.45) is 29.0 Å². The van der Waals surface area contributed by atoms with Crippen molar-refractivity contribution in [2.45, 2.75) is 147 Å². The van der Waals surface area contributed by atoms with Crippen LogP contribution in [0.4, 0.5) is 0 Å². The molecule has 0 bridgehead atoms. The van der Waals surface area contributed by atoms with Gasteiger partial charge >= 0.3 is 11.9 Å². The average molecular weight is 932 g/mol. The topological polar surface area (TPSA) is 460 Å². The molecule has 10 amide bonds. The Hall–Kier alpha value is -6.48. The molecule has 11 atom stereocenters. The van der Waals surface area contributed by atoms with E-state index in [0.29, 0.717) is 0 Å². The molecular weight excluding hydrogens is 866 g/mol. The highest BCUT2D eigenvalue weighted by Gasteiger charge is 2.37. The van der Waals surface area contributed by atoms with Crippen molar-refractivity contribution in [3.05, 3.63) is 0 Å². The van der Waals surface area contributed by atoms with Crippen molar-refractivity contribution in [2.75, 3.05) is 6.61 Å². The first kappa shape index (κ1) is 58.5. The number of primary amides is 2. The van der Waals surface area contributed by atoms with Gasteiger partial charge in [0.1, 0.15) is 48.3 Å². The van der Waals surface area contributed by atoms with Crippen LogP contribution in [-0.2, 0) is 57.5 Å². The Kier molecular flexibility index (Phi) is 25.5. The number of nitrogens with one attached hydrogen (secondary N) is 8. The summed E-state index contributed by atoms with van der Waals surface area (Å²) >= 11 is 0. The maximum atomic E-state index is 13.6. The van der Waals surface area contributed by atoms with Gasteiger partial charge in [0, 0.05) is 12.8 Å². The third-order valence-electron chi connectivity index (χ3n) is 9.70. The third kappa shape index (κ3) is 21.2. The van der Waals surface area contributed by atoms with Gasteiger partial charge in [-0.1, -0.05) is 34.1 Å². The minimum atomic E-state index is -1.80. The first-order chi connectivity index (χ1) is 30.1. The smallest absolute Gasteiger partial charge is 0.326 e. The van der Waals surface area contributed by atoms with Crippen molar-refractivity contribution in [1.29, 1.82) is 0 Å². The number of carbonyl (C=O) groups is 12. The fourth-order valence-corrected chi connectivity index (χ4v) is 5.58. The van der Waals surface area contributed by atoms with E-state index in [1.165, 1.54) is 13.8 Å². The number of carboxylic acid groups (broad SMARTS) is 2. The number of amides is 10. The second-order valence-electron chi connectivity index (χ2n) is 15.7. The third-order valence-corrected chi connectivity index (χ3v) is 9.70. The predicted octanol–water partition coefficient (Wildman–Crippen LogP) is -6.60. The lowest BCUT2D eigenvalue weighted by atomic mass is 9.96. The van der Waals surface area contributed by atoms with Crippen LogP contribution in [0, 0.1) is 11.8 Å². The predicted molar refractivity (Wildman–Crippen MR) is 225 cm³/mol. The molecule has 0 radical (unpaired) electrons. The zero-order valence-corrected chi connectivity index (χ0v) is 37.3. The Labute approximate surface area is 374 Å². The standard InChI is InChI=1S/C38H65N11O16/c1-8-16(4)28(36(62)43-20(9-11-24(40)52)32(58)44-21(38(64)65)10-12-26(54)55)48-33(59)22(13-25(41)53)45-31(57)18(6)42-34(60)23(14-50)46-37(63)29(19(7)51)49-35(61)27(15(2)3)47-30(56)17(5)39/h15-23,27-29,50-51H,8-14,39H2,1-7H3,(H2,40,52)(H2,41,53)(H,42,60)(H,43,62)(H,44,58)(H,45,57)(H,46,63)(H,47,56)(H,48,59)(H,49,61)(H,54,55)(H,64,65)/t16-,17-,18-,19+,20-,21-,22-,23-,27-,28-,29-/m0/s1. The highest BCUT2D eigenvalue weighted by molar-refractivity contribution is 5.99. The van der Waals surface area contributed by atoms with E-state index in [1.807, 2.05) is 0 Å². The van der Waals surface area contributed by atoms with Gasteiger partial charge in [0.15, 0.2) is 0 Å². The highest BCUT2D eigenvalue weighted by Crippen LogP contribution is 2.12. The quantitative estimate of drug-likeness (QED) is 0.0318. The van der Waals surface area contributed by atoms with Crippen LogP contribution in [0.2, 0.25) is 0 Å². The molecule has 0 saturated heterocycles. The first-order valence-corrected chi connectivity index (χ1v) is 20.6. The average Bonchev–Trinajstić information content (AvgIpc) is 3.20. The van der Waals surface area contributed by atoms with Crippen molar-refractivity contribution >= 4 is 71.0 Å². The summed E-state index contributed by atoms with van der Waals surface area (Å²) in [4.78, 5) is 151. The van der Waals surface area contributed by atoms with Crippen molar-refractivity contribution in [1.82, 2.24) is 42.5 Å². The molecule has 0 spiro atoms. The van der Waals surface area contributed by atoms with Gasteiger partial charge in [-0.05, 0) is 45.4 Å². The van der Waals surface area contributed by atoms with Crippen molar-refractivity contribution in [3.63, 3.8) is 0 Å². The van der Waals surface area contributed by atoms with Crippen molar-refractivity contribution in [3.8, 4) is 0 Å². The molecule has 0 heterocycles. The van der Waals surface area contributed by atoms with Gasteiger partial charge in [-0.15, -0.1) is 0 Å². The number of hydrogen-bond donors (Lipinski definition) is 15. The molecule has 0 aromatic heterocycles. The van der Waals surface area contributed by atoms with Crippen molar-refractivity contribution < 1.29 is 78.0 Å². The molecule has 0 rings (SSSR count). The van der Waals surface area contributed by atoms with Gasteiger partial charge in [0.05, 0.1) is 25.2 Å². The molecule has 368 valence electrons. The molecule has 0 aliphatic rings. The van der Waals surface area contributed by atoms with E-state index in [2.05, 4.69) is 42.5 Å². The summed E-state index contributed by atoms with van der Waals surface area (Å²) in [7, 11) is 0. The van der Waals surface area contributed by atoms with E-state index in [4.69, 9.17) is 22.3 Å². The van der Waals surface area contributed by atoms with E-state index in [9.17, 15) is 72.9 Å². The molecule has 0 fully saturated rings. The van der Waals surface area contributed by atoms with Crippen LogP contribution in [0.15, 0.2) is 0 Å². The molecule has 0 unspecified atom stereocenters. The minimum absolute atomic E-state index is 0.209. The fourth-order valence-electron chi connectivity index (χ4n) is 5.58. The van der Waals surface area contributed by atoms with Gasteiger partial charge in [-0.2, -0.15) is 0 Å². The number of aliphatic hydroxyl groups is 2. The summed E-state index contributed by atoms with van der Waals surface area (Å²) in [5.74, 6) is -14.5. The van der Waals surface area contributed by atoms with Crippen LogP contribution in [0.5, 0.6) is 0 Å². The summed E-state index contributed by atoms with van der Waals surface area (Å²) in [5.41, 5.74) is 16.1. The monoisotopic (exact) mass is 931 g/mol. The second-order valence-corrected chi connectivity index (χ2v) is 15.7. The van der Waals surface area contributed by atoms with Crippen LogP contribution in [0.25, 0.3) is 0 Å². The van der Waals surface area contributed by atoms with Crippen LogP contribution in [0.1, 0.15) is 87.0 Å². The SMILES string of the molecule is CC[C@H](C)[C@H](NC(=O)[C@H](CC(N)=O)NC(=O)[C@H](C)NC(=O)[C@H](CO)NC(=O)[C@@H](NC(=O)[C@@H](NC(=O)[C@H](C)N)C(C)C)[C@@H](C)O)C(=O)N[C@@H](CCC(N)=O)C(=O)N[C@@H](CCC(=O)O)C(=O)O. The Morgan fingerprint density at radius 3 is 1.42 bits per heavy atom. The normalized spacial score (nSPS) is 16.1. The number of hydrogen-bond acceptors (Lipinski definition) is 15. The summed E-state index contributed by atoms with van der Waals surface area (Å²) in [6.07, 6.45) is -4.31. The molecule has 0 aliphatic heterocycles. The Bertz CT molecular complexity index is 1740. The second kappa shape index (κ2) is 28.3. The van der Waals surface area contributed by atoms with E-state index < -0.39 is 182 Å². The van der Waals surface area contributed by atoms with Crippen LogP contribution < -0.4 is 59.7 Å². The maximum Gasteiger partial charge on any atom is 0.326 e. The van der Waals surface area contributed by atoms with Crippen LogP contribution in [-0.4, -0.2) is 159 Å². The number of carbonyl (C=O) groups excluding carboxylic acids is 10. The van der Waals surface area contributed by atoms with E-state index in [-0.39, 0.29) is 6.42 Å². The van der Waals surface area contributed by atoms with E-state index >= 15 is 0 Å². The molecule has 27 heteroatoms.